The van der Waals surface area contributed by atoms with Crippen LogP contribution < -0.4 is 4.74 Å². The molecular weight excluding hydrogens is 354 g/mol. The van der Waals surface area contributed by atoms with Gasteiger partial charge in [-0.1, -0.05) is 36.4 Å². The Morgan fingerprint density at radius 3 is 2.64 bits per heavy atom. The fourth-order valence-electron chi connectivity index (χ4n) is 3.39. The number of nitrogens with zero attached hydrogens (tertiary/aromatic N) is 1. The number of morpholine rings is 1. The molecule has 25 heavy (non-hydrogen) atoms. The molecule has 0 aliphatic carbocycles. The molecular formula is C20H24ClNO2S. The van der Waals surface area contributed by atoms with Crippen molar-refractivity contribution in [2.24, 2.45) is 0 Å². The Bertz CT molecular complexity index is 719. The number of benzene rings is 2. The number of aryl methyl sites for hydroxylation is 1. The Morgan fingerprint density at radius 1 is 1.04 bits per heavy atom. The molecule has 0 aromatic heterocycles. The molecule has 1 unspecified atom stereocenters. The lowest BCUT2D eigenvalue weighted by atomic mass is 9.98. The summed E-state index contributed by atoms with van der Waals surface area (Å²) in [5, 5.41) is 0.353. The van der Waals surface area contributed by atoms with Crippen LogP contribution in [0.4, 0.5) is 0 Å². The monoisotopic (exact) mass is 377 g/mol. The number of para-hydroxylation sites is 2. The van der Waals surface area contributed by atoms with Crippen LogP contribution in [0.15, 0.2) is 42.5 Å². The zero-order valence-corrected chi connectivity index (χ0v) is 16.1. The number of hydrogen-bond acceptors (Lipinski definition) is 4. The molecule has 5 heteroatoms. The highest BCUT2D eigenvalue weighted by atomic mass is 35.5. The molecule has 1 fully saturated rings. The van der Waals surface area contributed by atoms with Crippen molar-refractivity contribution in [1.29, 1.82) is 0 Å². The second-order valence-corrected chi connectivity index (χ2v) is 7.55. The highest BCUT2D eigenvalue weighted by Crippen LogP contribution is 2.50. The Kier molecular flexibility index (Phi) is 6.29. The maximum absolute atomic E-state index is 6.19. The Balaban J connectivity index is 0.00000182. The Labute approximate surface area is 160 Å². The van der Waals surface area contributed by atoms with Gasteiger partial charge in [-0.05, 0) is 18.6 Å². The first-order chi connectivity index (χ1) is 11.8. The van der Waals surface area contributed by atoms with Gasteiger partial charge in [0.05, 0.1) is 18.5 Å². The molecule has 3 nitrogen and oxygen atoms in total. The van der Waals surface area contributed by atoms with E-state index in [2.05, 4.69) is 54.3 Å². The van der Waals surface area contributed by atoms with Gasteiger partial charge in [0.2, 0.25) is 0 Å². The number of rotatable bonds is 4. The first-order valence-corrected chi connectivity index (χ1v) is 9.66. The average molecular weight is 378 g/mol. The summed E-state index contributed by atoms with van der Waals surface area (Å²) in [7, 11) is 0. The molecule has 2 heterocycles. The summed E-state index contributed by atoms with van der Waals surface area (Å²) in [5.74, 6) is 3.16. The summed E-state index contributed by atoms with van der Waals surface area (Å²) in [6.45, 7) is 7.09. The van der Waals surface area contributed by atoms with Gasteiger partial charge < -0.3 is 9.47 Å². The lowest BCUT2D eigenvalue weighted by molar-refractivity contribution is 0.0410. The van der Waals surface area contributed by atoms with E-state index in [0.29, 0.717) is 5.25 Å². The van der Waals surface area contributed by atoms with E-state index in [4.69, 9.17) is 9.47 Å². The molecule has 1 saturated heterocycles. The molecule has 0 N–H and O–H groups in total. The van der Waals surface area contributed by atoms with Crippen LogP contribution in [0.2, 0.25) is 0 Å². The number of fused-ring (bicyclic) bond motifs is 2. The van der Waals surface area contributed by atoms with E-state index < -0.39 is 0 Å². The highest BCUT2D eigenvalue weighted by Gasteiger charge is 2.28. The van der Waals surface area contributed by atoms with Gasteiger partial charge in [-0.15, -0.1) is 24.2 Å². The largest absolute Gasteiger partial charge is 0.456 e. The van der Waals surface area contributed by atoms with Crippen LogP contribution >= 0.6 is 24.2 Å². The van der Waals surface area contributed by atoms with Crippen LogP contribution in [0.5, 0.6) is 11.5 Å². The Morgan fingerprint density at radius 2 is 1.80 bits per heavy atom. The van der Waals surface area contributed by atoms with Crippen molar-refractivity contribution in [2.75, 3.05) is 38.6 Å². The summed E-state index contributed by atoms with van der Waals surface area (Å²) in [6, 6.07) is 14.9. The van der Waals surface area contributed by atoms with Crippen molar-refractivity contribution in [3.05, 3.63) is 59.2 Å². The summed E-state index contributed by atoms with van der Waals surface area (Å²) in [6.07, 6.45) is 0. The minimum Gasteiger partial charge on any atom is -0.456 e. The van der Waals surface area contributed by atoms with Crippen molar-refractivity contribution >= 4 is 24.2 Å². The smallest absolute Gasteiger partial charge is 0.135 e. The van der Waals surface area contributed by atoms with E-state index in [-0.39, 0.29) is 12.4 Å². The molecule has 0 bridgehead atoms. The summed E-state index contributed by atoms with van der Waals surface area (Å²) in [4.78, 5) is 2.50. The van der Waals surface area contributed by atoms with Gasteiger partial charge in [-0.3, -0.25) is 4.90 Å². The normalized spacial score (nSPS) is 19.3. The highest BCUT2D eigenvalue weighted by molar-refractivity contribution is 7.99. The third-order valence-corrected chi connectivity index (χ3v) is 5.99. The predicted molar refractivity (Wildman–Crippen MR) is 107 cm³/mol. The molecule has 2 aromatic carbocycles. The molecule has 2 aromatic rings. The molecule has 134 valence electrons. The number of hydrogen-bond donors (Lipinski definition) is 0. The van der Waals surface area contributed by atoms with Crippen molar-refractivity contribution < 1.29 is 9.47 Å². The van der Waals surface area contributed by atoms with E-state index in [1.54, 1.807) is 0 Å². The Hall–Kier alpha value is -1.20. The molecule has 2 aliphatic heterocycles. The standard InChI is InChI=1S/C20H23NO2S.ClH/c1-15-5-4-7-17-19(15)23-18-8-3-2-6-16(18)20(17)24-14-11-21-9-12-22-13-10-21;/h2-8,20H,9-14H2,1H3;1H. The maximum atomic E-state index is 6.19. The van der Waals surface area contributed by atoms with Gasteiger partial charge in [-0.25, -0.2) is 0 Å². The number of ether oxygens (including phenoxy) is 2. The zero-order chi connectivity index (χ0) is 16.4. The maximum Gasteiger partial charge on any atom is 0.135 e. The molecule has 4 rings (SSSR count). The van der Waals surface area contributed by atoms with E-state index in [1.807, 2.05) is 11.8 Å². The molecule has 2 aliphatic rings. The molecule has 0 spiro atoms. The van der Waals surface area contributed by atoms with Gasteiger partial charge in [0.15, 0.2) is 0 Å². The average Bonchev–Trinajstić information content (AvgIpc) is 2.63. The first kappa shape index (κ1) is 18.6. The number of thioether (sulfide) groups is 1. The zero-order valence-electron chi connectivity index (χ0n) is 14.4. The van der Waals surface area contributed by atoms with Crippen LogP contribution in [-0.2, 0) is 4.74 Å². The van der Waals surface area contributed by atoms with Crippen molar-refractivity contribution in [2.45, 2.75) is 12.2 Å². The second kappa shape index (κ2) is 8.45. The fourth-order valence-corrected chi connectivity index (χ4v) is 4.73. The van der Waals surface area contributed by atoms with Crippen molar-refractivity contribution in [1.82, 2.24) is 4.90 Å². The molecule has 0 radical (unpaired) electrons. The minimum atomic E-state index is 0. The summed E-state index contributed by atoms with van der Waals surface area (Å²) >= 11 is 2.02. The summed E-state index contributed by atoms with van der Waals surface area (Å²) in [5.41, 5.74) is 3.81. The SMILES string of the molecule is Cc1cccc2c1Oc1ccccc1C2SCCN1CCOCC1.Cl. The van der Waals surface area contributed by atoms with Crippen molar-refractivity contribution in [3.8, 4) is 11.5 Å². The van der Waals surface area contributed by atoms with Crippen LogP contribution in [0.25, 0.3) is 0 Å². The van der Waals surface area contributed by atoms with Crippen LogP contribution in [0.3, 0.4) is 0 Å². The molecule has 0 saturated carbocycles. The van der Waals surface area contributed by atoms with E-state index in [1.165, 1.54) is 16.7 Å². The van der Waals surface area contributed by atoms with E-state index in [9.17, 15) is 0 Å². The third-order valence-electron chi connectivity index (χ3n) is 4.73. The van der Waals surface area contributed by atoms with Gasteiger partial charge >= 0.3 is 0 Å². The van der Waals surface area contributed by atoms with E-state index in [0.717, 1.165) is 50.1 Å². The number of halogens is 1. The lowest BCUT2D eigenvalue weighted by Crippen LogP contribution is -2.37. The van der Waals surface area contributed by atoms with Gasteiger partial charge in [-0.2, -0.15) is 0 Å². The summed E-state index contributed by atoms with van der Waals surface area (Å²) < 4.78 is 11.6. The van der Waals surface area contributed by atoms with Crippen molar-refractivity contribution in [3.63, 3.8) is 0 Å². The third kappa shape index (κ3) is 3.98. The van der Waals surface area contributed by atoms with Crippen LogP contribution in [0, 0.1) is 6.92 Å². The fraction of sp³-hybridized carbons (Fsp3) is 0.400. The topological polar surface area (TPSA) is 21.7 Å². The molecule has 0 amide bonds. The van der Waals surface area contributed by atoms with Gasteiger partial charge in [0.1, 0.15) is 11.5 Å². The first-order valence-electron chi connectivity index (χ1n) is 8.61. The molecule has 1 atom stereocenters. The quantitative estimate of drug-likeness (QED) is 0.771. The second-order valence-electron chi connectivity index (χ2n) is 6.34. The van der Waals surface area contributed by atoms with Crippen LogP contribution in [0.1, 0.15) is 21.9 Å². The van der Waals surface area contributed by atoms with E-state index >= 15 is 0 Å². The van der Waals surface area contributed by atoms with Crippen LogP contribution in [-0.4, -0.2) is 43.5 Å². The van der Waals surface area contributed by atoms with Gasteiger partial charge in [0, 0.05) is 36.5 Å². The predicted octanol–water partition coefficient (Wildman–Crippen LogP) is 4.68. The lowest BCUT2D eigenvalue weighted by Gasteiger charge is -2.30. The minimum absolute atomic E-state index is 0. The van der Waals surface area contributed by atoms with Gasteiger partial charge in [0.25, 0.3) is 0 Å².